The molecule has 0 aliphatic carbocycles. The maximum absolute atomic E-state index is 6.19. The van der Waals surface area contributed by atoms with Crippen molar-refractivity contribution in [1.29, 1.82) is 0 Å². The van der Waals surface area contributed by atoms with Gasteiger partial charge in [0.15, 0.2) is 5.82 Å². The lowest BCUT2D eigenvalue weighted by Crippen LogP contribution is -2.09. The third-order valence-corrected chi connectivity index (χ3v) is 4.65. The number of halogens is 2. The number of anilines is 1. The van der Waals surface area contributed by atoms with Gasteiger partial charge >= 0.3 is 0 Å². The first kappa shape index (κ1) is 14.5. The highest BCUT2D eigenvalue weighted by Gasteiger charge is 2.10. The largest absolute Gasteiger partial charge is 0.307 e. The molecule has 6 heteroatoms. The second kappa shape index (κ2) is 6.12. The van der Waals surface area contributed by atoms with Crippen molar-refractivity contribution >= 4 is 51.6 Å². The minimum atomic E-state index is 0.394. The van der Waals surface area contributed by atoms with Gasteiger partial charge in [-0.25, -0.2) is 10.8 Å². The molecule has 0 spiro atoms. The number of nitrogens with one attached hydrogen (secondary N) is 1. The van der Waals surface area contributed by atoms with Crippen LogP contribution in [0, 0.1) is 0 Å². The summed E-state index contributed by atoms with van der Waals surface area (Å²) in [4.78, 5) is 5.38. The number of hydrazine groups is 1. The van der Waals surface area contributed by atoms with E-state index < -0.39 is 0 Å². The van der Waals surface area contributed by atoms with Crippen LogP contribution in [-0.4, -0.2) is 4.98 Å². The van der Waals surface area contributed by atoms with Crippen LogP contribution in [0.5, 0.6) is 0 Å². The molecule has 3 nitrogen and oxygen atoms in total. The summed E-state index contributed by atoms with van der Waals surface area (Å²) >= 11 is 13.6. The molecule has 1 heterocycles. The molecule has 0 aliphatic rings. The van der Waals surface area contributed by atoms with Crippen molar-refractivity contribution in [3.05, 3.63) is 58.6 Å². The van der Waals surface area contributed by atoms with Crippen LogP contribution < -0.4 is 11.3 Å². The van der Waals surface area contributed by atoms with Crippen LogP contribution >= 0.6 is 35.0 Å². The van der Waals surface area contributed by atoms with Crippen LogP contribution in [-0.2, 0) is 0 Å². The molecule has 3 aromatic rings. The highest BCUT2D eigenvalue weighted by molar-refractivity contribution is 7.99. The van der Waals surface area contributed by atoms with E-state index in [1.807, 2.05) is 18.2 Å². The zero-order valence-corrected chi connectivity index (χ0v) is 13.1. The molecule has 0 bridgehead atoms. The van der Waals surface area contributed by atoms with Gasteiger partial charge in [-0.05, 0) is 29.0 Å². The highest BCUT2D eigenvalue weighted by Crippen LogP contribution is 2.36. The highest BCUT2D eigenvalue weighted by atomic mass is 35.5. The number of hydrogen-bond acceptors (Lipinski definition) is 4. The molecule has 0 atom stereocenters. The first-order valence-corrected chi connectivity index (χ1v) is 7.74. The van der Waals surface area contributed by atoms with Gasteiger partial charge in [-0.3, -0.25) is 0 Å². The van der Waals surface area contributed by atoms with E-state index in [2.05, 4.69) is 34.7 Å². The molecule has 106 valence electrons. The molecule has 2 aromatic carbocycles. The molecule has 3 N–H and O–H groups in total. The molecule has 1 aromatic heterocycles. The predicted octanol–water partition coefficient (Wildman–Crippen LogP) is 4.98. The molecule has 0 amide bonds. The fraction of sp³-hybridized carbons (Fsp3) is 0. The maximum Gasteiger partial charge on any atom is 0.160 e. The quantitative estimate of drug-likeness (QED) is 0.523. The van der Waals surface area contributed by atoms with Crippen LogP contribution in [0.4, 0.5) is 5.82 Å². The van der Waals surface area contributed by atoms with Gasteiger partial charge in [0.05, 0.1) is 10.0 Å². The zero-order valence-electron chi connectivity index (χ0n) is 10.8. The number of pyridine rings is 1. The summed E-state index contributed by atoms with van der Waals surface area (Å²) in [6.45, 7) is 0. The Hall–Kier alpha value is -1.46. The van der Waals surface area contributed by atoms with Crippen LogP contribution in [0.1, 0.15) is 0 Å². The van der Waals surface area contributed by atoms with Gasteiger partial charge in [-0.1, -0.05) is 65.3 Å². The van der Waals surface area contributed by atoms with E-state index >= 15 is 0 Å². The average molecular weight is 336 g/mol. The summed E-state index contributed by atoms with van der Waals surface area (Å²) < 4.78 is 0. The van der Waals surface area contributed by atoms with Crippen LogP contribution in [0.25, 0.3) is 10.8 Å². The van der Waals surface area contributed by atoms with Gasteiger partial charge in [-0.2, -0.15) is 0 Å². The summed E-state index contributed by atoms with van der Waals surface area (Å²) in [5.41, 5.74) is 2.46. The van der Waals surface area contributed by atoms with E-state index in [0.717, 1.165) is 4.90 Å². The van der Waals surface area contributed by atoms with Crippen molar-refractivity contribution < 1.29 is 0 Å². The monoisotopic (exact) mass is 335 g/mol. The van der Waals surface area contributed by atoms with E-state index in [4.69, 9.17) is 29.0 Å². The number of rotatable bonds is 3. The van der Waals surface area contributed by atoms with E-state index in [-0.39, 0.29) is 0 Å². The molecular weight excluding hydrogens is 325 g/mol. The predicted molar refractivity (Wildman–Crippen MR) is 90.1 cm³/mol. The zero-order chi connectivity index (χ0) is 14.8. The molecule has 0 fully saturated rings. The second-order valence-corrected chi connectivity index (χ2v) is 6.24. The number of hydrogen-bond donors (Lipinski definition) is 2. The Morgan fingerprint density at radius 3 is 2.48 bits per heavy atom. The minimum absolute atomic E-state index is 0.394. The number of fused-ring (bicyclic) bond motifs is 1. The van der Waals surface area contributed by atoms with Crippen LogP contribution in [0.15, 0.2) is 58.5 Å². The summed E-state index contributed by atoms with van der Waals surface area (Å²) in [5, 5.41) is 3.91. The normalized spacial score (nSPS) is 10.8. The van der Waals surface area contributed by atoms with Gasteiger partial charge in [0.25, 0.3) is 0 Å². The number of nitrogens with two attached hydrogens (primary N) is 1. The second-order valence-electron chi connectivity index (χ2n) is 4.36. The first-order valence-electron chi connectivity index (χ1n) is 6.16. The van der Waals surface area contributed by atoms with Crippen molar-refractivity contribution in [3.8, 4) is 0 Å². The van der Waals surface area contributed by atoms with Gasteiger partial charge in [0, 0.05) is 4.90 Å². The maximum atomic E-state index is 6.19. The summed E-state index contributed by atoms with van der Waals surface area (Å²) in [7, 11) is 0. The SMILES string of the molecule is NNc1nc(Sc2ccc3ccccc3c2)c(Cl)cc1Cl. The molecule has 0 radical (unpaired) electrons. The van der Waals surface area contributed by atoms with E-state index in [1.54, 1.807) is 6.07 Å². The van der Waals surface area contributed by atoms with Crippen LogP contribution in [0.3, 0.4) is 0 Å². The number of benzene rings is 2. The topological polar surface area (TPSA) is 50.9 Å². The summed E-state index contributed by atoms with van der Waals surface area (Å²) in [5.74, 6) is 5.79. The van der Waals surface area contributed by atoms with Gasteiger partial charge in [0.2, 0.25) is 0 Å². The Labute approximate surface area is 136 Å². The average Bonchev–Trinajstić information content (AvgIpc) is 2.50. The Morgan fingerprint density at radius 1 is 0.952 bits per heavy atom. The number of aromatic nitrogens is 1. The van der Waals surface area contributed by atoms with Crippen molar-refractivity contribution in [2.24, 2.45) is 5.84 Å². The number of nitrogens with zero attached hydrogens (tertiary/aromatic N) is 1. The van der Waals surface area contributed by atoms with Gasteiger partial charge < -0.3 is 5.43 Å². The molecular formula is C15H11Cl2N3S. The lowest BCUT2D eigenvalue weighted by atomic mass is 10.1. The molecule has 0 saturated heterocycles. The van der Waals surface area contributed by atoms with Crippen molar-refractivity contribution in [3.63, 3.8) is 0 Å². The van der Waals surface area contributed by atoms with Crippen molar-refractivity contribution in [2.45, 2.75) is 9.92 Å². The third-order valence-electron chi connectivity index (χ3n) is 2.97. The van der Waals surface area contributed by atoms with Gasteiger partial charge in [-0.15, -0.1) is 0 Å². The molecule has 0 saturated carbocycles. The first-order chi connectivity index (χ1) is 10.2. The minimum Gasteiger partial charge on any atom is -0.307 e. The fourth-order valence-corrected chi connectivity index (χ4v) is 3.33. The summed E-state index contributed by atoms with van der Waals surface area (Å²) in [6.07, 6.45) is 0. The lowest BCUT2D eigenvalue weighted by molar-refractivity contribution is 1.11. The van der Waals surface area contributed by atoms with Crippen molar-refractivity contribution in [2.75, 3.05) is 5.43 Å². The lowest BCUT2D eigenvalue weighted by Gasteiger charge is -2.08. The Morgan fingerprint density at radius 2 is 1.71 bits per heavy atom. The van der Waals surface area contributed by atoms with Gasteiger partial charge in [0.1, 0.15) is 5.03 Å². The molecule has 0 aliphatic heterocycles. The Bertz CT molecular complexity index is 808. The molecule has 21 heavy (non-hydrogen) atoms. The Kier molecular flexibility index (Phi) is 4.22. The Balaban J connectivity index is 1.98. The smallest absolute Gasteiger partial charge is 0.160 e. The van der Waals surface area contributed by atoms with Crippen LogP contribution in [0.2, 0.25) is 10.0 Å². The fourth-order valence-electron chi connectivity index (χ4n) is 1.97. The van der Waals surface area contributed by atoms with Crippen molar-refractivity contribution in [1.82, 2.24) is 4.98 Å². The van der Waals surface area contributed by atoms with E-state index in [0.29, 0.717) is 20.9 Å². The summed E-state index contributed by atoms with van der Waals surface area (Å²) in [6, 6.07) is 16.0. The standard InChI is InChI=1S/C15H11Cl2N3S/c16-12-8-13(17)15(19-14(12)20-18)21-11-6-5-9-3-1-2-4-10(9)7-11/h1-8H,18H2,(H,19,20). The molecule has 3 rings (SSSR count). The van der Waals surface area contributed by atoms with E-state index in [1.165, 1.54) is 22.5 Å². The molecule has 0 unspecified atom stereocenters. The number of nitrogen functional groups attached to an aromatic ring is 1. The third kappa shape index (κ3) is 3.09. The van der Waals surface area contributed by atoms with E-state index in [9.17, 15) is 0 Å².